The van der Waals surface area contributed by atoms with Crippen molar-refractivity contribution in [2.45, 2.75) is 39.9 Å². The van der Waals surface area contributed by atoms with Gasteiger partial charge in [0.05, 0.1) is 0 Å². The number of hydrogen-bond acceptors (Lipinski definition) is 0. The molecule has 0 amide bonds. The van der Waals surface area contributed by atoms with Crippen molar-refractivity contribution in [2.24, 2.45) is 0 Å². The molecule has 0 heterocycles. The van der Waals surface area contributed by atoms with E-state index in [4.69, 9.17) is 0 Å². The molecular weight excluding hydrogens is 639 g/mol. The van der Waals surface area contributed by atoms with E-state index in [1.807, 2.05) is 0 Å². The summed E-state index contributed by atoms with van der Waals surface area (Å²) in [5.74, 6) is 0. The molecule has 0 saturated carbocycles. The Kier molecular flexibility index (Phi) is 4.97. The molecular formula is C36H40HfSi. The summed E-state index contributed by atoms with van der Waals surface area (Å²) in [7, 11) is 0. The normalized spacial score (nSPS) is 20.7. The van der Waals surface area contributed by atoms with Crippen LogP contribution in [0.3, 0.4) is 0 Å². The van der Waals surface area contributed by atoms with Crippen LogP contribution in [0.1, 0.15) is 40.7 Å². The maximum atomic E-state index is 2.72. The molecule has 0 N–H and O–H groups in total. The fourth-order valence-corrected chi connectivity index (χ4v) is 36.5. The monoisotopic (exact) mass is 680 g/mol. The Bertz CT molecular complexity index is 1700. The summed E-state index contributed by atoms with van der Waals surface area (Å²) < 4.78 is 11.7. The summed E-state index contributed by atoms with van der Waals surface area (Å²) >= 11 is -4.70. The van der Waals surface area contributed by atoms with E-state index >= 15 is 0 Å². The molecule has 0 radical (unpaired) electrons. The number of aryl methyl sites for hydroxylation is 2. The minimum atomic E-state index is -4.70. The molecule has 38 heavy (non-hydrogen) atoms. The topological polar surface area (TPSA) is 0 Å². The van der Waals surface area contributed by atoms with Crippen LogP contribution in [0.2, 0.25) is 18.7 Å². The van der Waals surface area contributed by atoms with E-state index in [0.29, 0.717) is 7.35 Å². The third-order valence-corrected chi connectivity index (χ3v) is 44.2. The van der Waals surface area contributed by atoms with Crippen molar-refractivity contribution in [1.82, 2.24) is 0 Å². The molecule has 0 bridgehead atoms. The summed E-state index contributed by atoms with van der Waals surface area (Å²) in [6.07, 6.45) is 10.0. The number of allylic oxidation sites excluding steroid dienone is 2. The first-order valence-electron chi connectivity index (χ1n) is 14.0. The van der Waals surface area contributed by atoms with E-state index in [1.165, 1.54) is 55.6 Å². The van der Waals surface area contributed by atoms with Crippen molar-refractivity contribution >= 4 is 19.1 Å². The van der Waals surface area contributed by atoms with Gasteiger partial charge in [-0.05, 0) is 0 Å². The maximum absolute atomic E-state index is 4.70. The van der Waals surface area contributed by atoms with Crippen LogP contribution in [0.5, 0.6) is 0 Å². The van der Waals surface area contributed by atoms with Crippen LogP contribution >= 0.6 is 0 Å². The second-order valence-corrected chi connectivity index (χ2v) is 103. The average Bonchev–Trinajstić information content (AvgIpc) is 3.49. The molecule has 0 aromatic heterocycles. The zero-order chi connectivity index (χ0) is 27.0. The van der Waals surface area contributed by atoms with E-state index < -0.39 is 14.2 Å². The van der Waals surface area contributed by atoms with Crippen LogP contribution in [0.4, 0.5) is 0 Å². The van der Waals surface area contributed by atoms with E-state index in [9.17, 15) is 0 Å². The zero-order valence-corrected chi connectivity index (χ0v) is 28.8. The predicted molar refractivity (Wildman–Crippen MR) is 169 cm³/mol. The number of fused-ring (bicyclic) bond motifs is 2. The molecule has 2 atom stereocenters. The molecule has 0 spiro atoms. The first-order chi connectivity index (χ1) is 17.7. The Balaban J connectivity index is 1.53. The average molecular weight is 679 g/mol. The molecule has 6 rings (SSSR count). The van der Waals surface area contributed by atoms with Gasteiger partial charge in [0.25, 0.3) is 0 Å². The van der Waals surface area contributed by atoms with Crippen molar-refractivity contribution in [3.63, 3.8) is 0 Å². The fraction of sp³-hybridized carbons (Fsp3) is 0.222. The molecule has 2 unspecified atom stereocenters. The fourth-order valence-electron chi connectivity index (χ4n) is 7.66. The van der Waals surface area contributed by atoms with Crippen LogP contribution in [-0.4, -0.2) is 6.94 Å². The molecule has 0 aliphatic heterocycles. The van der Waals surface area contributed by atoms with E-state index in [2.05, 4.69) is 149 Å². The van der Waals surface area contributed by atoms with E-state index in [-0.39, 0.29) is 0 Å². The van der Waals surface area contributed by atoms with Crippen molar-refractivity contribution in [1.29, 1.82) is 0 Å². The van der Waals surface area contributed by atoms with Crippen molar-refractivity contribution < 1.29 is 14.2 Å². The van der Waals surface area contributed by atoms with Gasteiger partial charge >= 0.3 is 226 Å². The van der Waals surface area contributed by atoms with Crippen molar-refractivity contribution in [3.05, 3.63) is 130 Å². The molecule has 2 heteroatoms. The van der Waals surface area contributed by atoms with Gasteiger partial charge in [0, 0.05) is 0 Å². The first-order valence-corrected chi connectivity index (χ1v) is 40.9. The molecule has 192 valence electrons. The van der Waals surface area contributed by atoms with Crippen LogP contribution in [-0.2, 0) is 14.2 Å². The molecule has 0 saturated heterocycles. The summed E-state index contributed by atoms with van der Waals surface area (Å²) in [6.45, 7) is 6.77. The van der Waals surface area contributed by atoms with Crippen LogP contribution in [0, 0.1) is 13.8 Å². The quantitative estimate of drug-likeness (QED) is 0.189. The summed E-state index contributed by atoms with van der Waals surface area (Å²) in [4.78, 5) is 0. The summed E-state index contributed by atoms with van der Waals surface area (Å²) in [5, 5.41) is 0. The standard InChI is InChI=1S/2C16H13.4CH3.Hf.H2Si/c2*1-12-5-2-8-14(11-12)16-10-4-7-13-6-3-9-15(13)16;;;;;;/h2*2-11H,1H3;4*1H3;;1H2. The number of hydrogen-bond donors (Lipinski definition) is 0. The van der Waals surface area contributed by atoms with Gasteiger partial charge in [-0.3, -0.25) is 0 Å². The van der Waals surface area contributed by atoms with Gasteiger partial charge < -0.3 is 0 Å². The molecule has 2 aliphatic carbocycles. The van der Waals surface area contributed by atoms with Gasteiger partial charge in [0.1, 0.15) is 0 Å². The molecule has 0 nitrogen and oxygen atoms in total. The number of benzene rings is 4. The van der Waals surface area contributed by atoms with Crippen molar-refractivity contribution in [2.75, 3.05) is 0 Å². The molecule has 4 aromatic rings. The van der Waals surface area contributed by atoms with Crippen LogP contribution in [0.25, 0.3) is 34.4 Å². The number of rotatable bonds is 4. The van der Waals surface area contributed by atoms with Gasteiger partial charge in [-0.25, -0.2) is 0 Å². The summed E-state index contributed by atoms with van der Waals surface area (Å²) in [6, 6.07) is 31.9. The van der Waals surface area contributed by atoms with Gasteiger partial charge in [0.15, 0.2) is 0 Å². The second-order valence-electron chi connectivity index (χ2n) is 16.3. The van der Waals surface area contributed by atoms with Gasteiger partial charge in [-0.15, -0.1) is 0 Å². The Labute approximate surface area is 224 Å². The third kappa shape index (κ3) is 3.87. The third-order valence-electron chi connectivity index (χ3n) is 9.81. The Morgan fingerprint density at radius 1 is 0.553 bits per heavy atom. The van der Waals surface area contributed by atoms with Gasteiger partial charge in [-0.1, -0.05) is 0 Å². The predicted octanol–water partition coefficient (Wildman–Crippen LogP) is 9.97. The molecule has 0 fully saturated rings. The zero-order valence-electron chi connectivity index (χ0n) is 23.8. The van der Waals surface area contributed by atoms with E-state index in [0.717, 1.165) is 0 Å². The second kappa shape index (κ2) is 7.34. The van der Waals surface area contributed by atoms with E-state index in [1.54, 1.807) is 0 Å². The Hall–Kier alpha value is -2.55. The van der Waals surface area contributed by atoms with Crippen molar-refractivity contribution in [3.8, 4) is 22.3 Å². The van der Waals surface area contributed by atoms with Crippen LogP contribution in [0.15, 0.2) is 97.1 Å². The molecule has 2 aliphatic rings. The molecule has 4 aromatic carbocycles. The van der Waals surface area contributed by atoms with Gasteiger partial charge in [-0.2, -0.15) is 0 Å². The Morgan fingerprint density at radius 3 is 1.34 bits per heavy atom. The SMILES string of the molecule is Cc1cccc(-c2cccc3c2C=C[CH]3[Hf]([CH3])([CH3])([CH3])([CH3])(=[SiH2])[CH]2C=Cc3c(-c4cccc(C)c4)cccc32)c1. The Morgan fingerprint density at radius 2 is 0.947 bits per heavy atom. The van der Waals surface area contributed by atoms with Crippen LogP contribution < -0.4 is 0 Å². The van der Waals surface area contributed by atoms with Gasteiger partial charge in [0.2, 0.25) is 0 Å². The summed E-state index contributed by atoms with van der Waals surface area (Å²) in [5.41, 5.74) is 13.8. The minimum absolute atomic E-state index is 0.417. The first kappa shape index (κ1) is 25.7.